The first kappa shape index (κ1) is 21.6. The predicted molar refractivity (Wildman–Crippen MR) is 120 cm³/mol. The third kappa shape index (κ3) is 5.94. The number of carbonyl (C=O) groups excluding carboxylic acids is 2. The van der Waals surface area contributed by atoms with E-state index in [1.165, 1.54) is 6.92 Å². The van der Waals surface area contributed by atoms with Crippen LogP contribution in [0.4, 0.5) is 0 Å². The molecular formula is C25H25ClN2O2. The lowest BCUT2D eigenvalue weighted by Crippen LogP contribution is -2.43. The first-order valence-electron chi connectivity index (χ1n) is 9.93. The Morgan fingerprint density at radius 2 is 1.47 bits per heavy atom. The van der Waals surface area contributed by atoms with Gasteiger partial charge in [0.05, 0.1) is 0 Å². The van der Waals surface area contributed by atoms with E-state index in [1.54, 1.807) is 17.0 Å². The highest BCUT2D eigenvalue weighted by molar-refractivity contribution is 6.30. The van der Waals surface area contributed by atoms with E-state index in [4.69, 9.17) is 11.6 Å². The van der Waals surface area contributed by atoms with Gasteiger partial charge in [0.2, 0.25) is 11.8 Å². The van der Waals surface area contributed by atoms with Gasteiger partial charge in [-0.2, -0.15) is 0 Å². The fourth-order valence-electron chi connectivity index (χ4n) is 3.35. The second kappa shape index (κ2) is 10.6. The quantitative estimate of drug-likeness (QED) is 0.569. The molecule has 3 rings (SSSR count). The molecule has 4 nitrogen and oxygen atoms in total. The molecule has 154 valence electrons. The number of hydrogen-bond donors (Lipinski definition) is 1. The van der Waals surface area contributed by atoms with Crippen LogP contribution in [0.5, 0.6) is 0 Å². The van der Waals surface area contributed by atoms with E-state index in [0.29, 0.717) is 18.1 Å². The van der Waals surface area contributed by atoms with Crippen LogP contribution in [0, 0.1) is 0 Å². The summed E-state index contributed by atoms with van der Waals surface area (Å²) in [5.74, 6) is -0.363. The third-order valence-corrected chi connectivity index (χ3v) is 5.15. The van der Waals surface area contributed by atoms with Gasteiger partial charge in [0.1, 0.15) is 6.04 Å². The van der Waals surface area contributed by atoms with Crippen LogP contribution in [0.3, 0.4) is 0 Å². The second-order valence-corrected chi connectivity index (χ2v) is 7.55. The average Bonchev–Trinajstić information content (AvgIpc) is 2.76. The molecule has 0 aliphatic carbocycles. The Kier molecular flexibility index (Phi) is 7.63. The number of nitrogens with zero attached hydrogens (tertiary/aromatic N) is 1. The lowest BCUT2D eigenvalue weighted by atomic mass is 10.0. The van der Waals surface area contributed by atoms with Crippen molar-refractivity contribution in [2.24, 2.45) is 0 Å². The summed E-state index contributed by atoms with van der Waals surface area (Å²) in [6, 6.07) is 26.0. The van der Waals surface area contributed by atoms with Crippen LogP contribution in [-0.4, -0.2) is 23.3 Å². The van der Waals surface area contributed by atoms with Crippen molar-refractivity contribution in [3.05, 3.63) is 107 Å². The topological polar surface area (TPSA) is 49.4 Å². The van der Waals surface area contributed by atoms with Crippen molar-refractivity contribution in [1.29, 1.82) is 0 Å². The summed E-state index contributed by atoms with van der Waals surface area (Å²) in [5.41, 5.74) is 2.84. The standard InChI is InChI=1S/C25H25ClN2O2/c1-19(29)28(18-21-12-14-23(26)15-13-21)24(22-10-6-3-7-11-22)25(30)27-17-16-20-8-4-2-5-9-20/h2-15,24H,16-18H2,1H3,(H,27,30). The number of halogens is 1. The van der Waals surface area contributed by atoms with Crippen molar-refractivity contribution in [3.8, 4) is 0 Å². The number of carbonyl (C=O) groups is 2. The van der Waals surface area contributed by atoms with Crippen LogP contribution in [0.2, 0.25) is 5.02 Å². The molecule has 2 amide bonds. The molecule has 0 spiro atoms. The molecule has 0 aliphatic heterocycles. The molecule has 0 bridgehead atoms. The molecule has 0 saturated carbocycles. The maximum Gasteiger partial charge on any atom is 0.247 e. The van der Waals surface area contributed by atoms with Gasteiger partial charge in [0, 0.05) is 25.0 Å². The number of rotatable bonds is 8. The normalized spacial score (nSPS) is 11.5. The van der Waals surface area contributed by atoms with Gasteiger partial charge in [-0.05, 0) is 35.2 Å². The Balaban J connectivity index is 1.79. The molecule has 0 aromatic heterocycles. The van der Waals surface area contributed by atoms with E-state index in [1.807, 2.05) is 72.8 Å². The lowest BCUT2D eigenvalue weighted by molar-refractivity contribution is -0.140. The highest BCUT2D eigenvalue weighted by Gasteiger charge is 2.29. The van der Waals surface area contributed by atoms with Crippen molar-refractivity contribution in [3.63, 3.8) is 0 Å². The Morgan fingerprint density at radius 1 is 0.867 bits per heavy atom. The first-order chi connectivity index (χ1) is 14.5. The molecule has 3 aromatic rings. The summed E-state index contributed by atoms with van der Waals surface area (Å²) in [6.45, 7) is 2.31. The molecule has 0 heterocycles. The molecule has 30 heavy (non-hydrogen) atoms. The van der Waals surface area contributed by atoms with Gasteiger partial charge < -0.3 is 10.2 Å². The molecule has 0 saturated heterocycles. The molecule has 5 heteroatoms. The van der Waals surface area contributed by atoms with Gasteiger partial charge in [0.15, 0.2) is 0 Å². The third-order valence-electron chi connectivity index (χ3n) is 4.90. The highest BCUT2D eigenvalue weighted by atomic mass is 35.5. The summed E-state index contributed by atoms with van der Waals surface area (Å²) in [5, 5.41) is 3.64. The maximum absolute atomic E-state index is 13.2. The highest BCUT2D eigenvalue weighted by Crippen LogP contribution is 2.24. The van der Waals surface area contributed by atoms with Crippen molar-refractivity contribution < 1.29 is 9.59 Å². The summed E-state index contributed by atoms with van der Waals surface area (Å²) < 4.78 is 0. The van der Waals surface area contributed by atoms with E-state index in [0.717, 1.165) is 23.1 Å². The van der Waals surface area contributed by atoms with Crippen molar-refractivity contribution in [1.82, 2.24) is 10.2 Å². The SMILES string of the molecule is CC(=O)N(Cc1ccc(Cl)cc1)C(C(=O)NCCc1ccccc1)c1ccccc1. The molecule has 1 atom stereocenters. The van der Waals surface area contributed by atoms with Gasteiger partial charge in [0.25, 0.3) is 0 Å². The van der Waals surface area contributed by atoms with Crippen molar-refractivity contribution in [2.45, 2.75) is 25.9 Å². The van der Waals surface area contributed by atoms with Gasteiger partial charge >= 0.3 is 0 Å². The largest absolute Gasteiger partial charge is 0.354 e. The van der Waals surface area contributed by atoms with Gasteiger partial charge in [-0.3, -0.25) is 9.59 Å². The average molecular weight is 421 g/mol. The van der Waals surface area contributed by atoms with Crippen LogP contribution >= 0.6 is 11.6 Å². The molecule has 0 radical (unpaired) electrons. The van der Waals surface area contributed by atoms with Gasteiger partial charge in [-0.1, -0.05) is 84.4 Å². The number of amides is 2. The maximum atomic E-state index is 13.2. The Labute approximate surface area is 182 Å². The Hall–Kier alpha value is -3.11. The minimum atomic E-state index is -0.713. The second-order valence-electron chi connectivity index (χ2n) is 7.11. The minimum absolute atomic E-state index is 0.169. The van der Waals surface area contributed by atoms with Crippen LogP contribution in [-0.2, 0) is 22.6 Å². The lowest BCUT2D eigenvalue weighted by Gasteiger charge is -2.30. The zero-order valence-electron chi connectivity index (χ0n) is 16.9. The van der Waals surface area contributed by atoms with Crippen LogP contribution in [0.1, 0.15) is 29.7 Å². The summed E-state index contributed by atoms with van der Waals surface area (Å²) >= 11 is 5.98. The predicted octanol–water partition coefficient (Wildman–Crippen LogP) is 4.79. The zero-order valence-corrected chi connectivity index (χ0v) is 17.7. The molecule has 0 aliphatic rings. The Bertz CT molecular complexity index is 959. The molecular weight excluding hydrogens is 396 g/mol. The zero-order chi connectivity index (χ0) is 21.3. The minimum Gasteiger partial charge on any atom is -0.354 e. The fourth-order valence-corrected chi connectivity index (χ4v) is 3.48. The van der Waals surface area contributed by atoms with Crippen LogP contribution in [0.15, 0.2) is 84.9 Å². The molecule has 1 unspecified atom stereocenters. The number of benzene rings is 3. The van der Waals surface area contributed by atoms with E-state index >= 15 is 0 Å². The number of nitrogens with one attached hydrogen (secondary N) is 1. The van der Waals surface area contributed by atoms with E-state index in [2.05, 4.69) is 5.32 Å². The molecule has 3 aromatic carbocycles. The van der Waals surface area contributed by atoms with E-state index in [-0.39, 0.29) is 11.8 Å². The van der Waals surface area contributed by atoms with Crippen molar-refractivity contribution in [2.75, 3.05) is 6.54 Å². The van der Waals surface area contributed by atoms with Crippen LogP contribution < -0.4 is 5.32 Å². The molecule has 1 N–H and O–H groups in total. The fraction of sp³-hybridized carbons (Fsp3) is 0.200. The Morgan fingerprint density at radius 3 is 2.07 bits per heavy atom. The summed E-state index contributed by atoms with van der Waals surface area (Å²) in [4.78, 5) is 27.3. The first-order valence-corrected chi connectivity index (χ1v) is 10.3. The van der Waals surface area contributed by atoms with Crippen LogP contribution in [0.25, 0.3) is 0 Å². The monoisotopic (exact) mass is 420 g/mol. The van der Waals surface area contributed by atoms with E-state index in [9.17, 15) is 9.59 Å². The molecule has 0 fully saturated rings. The summed E-state index contributed by atoms with van der Waals surface area (Å²) in [7, 11) is 0. The van der Waals surface area contributed by atoms with E-state index < -0.39 is 6.04 Å². The summed E-state index contributed by atoms with van der Waals surface area (Å²) in [6.07, 6.45) is 0.728. The van der Waals surface area contributed by atoms with Crippen molar-refractivity contribution >= 4 is 23.4 Å². The van der Waals surface area contributed by atoms with Gasteiger partial charge in [-0.15, -0.1) is 0 Å². The number of hydrogen-bond acceptors (Lipinski definition) is 2. The van der Waals surface area contributed by atoms with Gasteiger partial charge in [-0.25, -0.2) is 0 Å². The smallest absolute Gasteiger partial charge is 0.247 e.